The number of primary sulfonamides is 1. The van der Waals surface area contributed by atoms with Gasteiger partial charge in [0.25, 0.3) is 0 Å². The van der Waals surface area contributed by atoms with Gasteiger partial charge in [-0.05, 0) is 17.7 Å². The molecule has 0 bridgehead atoms. The molecule has 1 rings (SSSR count). The fourth-order valence-electron chi connectivity index (χ4n) is 1.16. The molecule has 0 amide bonds. The third-order valence-corrected chi connectivity index (χ3v) is 3.87. The fraction of sp³-hybridized carbons (Fsp3) is 0.222. The van der Waals surface area contributed by atoms with Gasteiger partial charge in [0, 0.05) is 6.42 Å². The number of Topliss-reactive ketones (excluding diaryl/α,β-unsaturated/α-hetero) is 1. The average Bonchev–Trinajstić information content (AvgIpc) is 2.15. The monoisotopic (exact) mass is 325 g/mol. The van der Waals surface area contributed by atoms with Gasteiger partial charge in [-0.25, -0.2) is 13.6 Å². The predicted octanol–water partition coefficient (Wildman–Crippen LogP) is 1.49. The Morgan fingerprint density at radius 3 is 2.50 bits per heavy atom. The Hall–Kier alpha value is -0.430. The van der Waals surface area contributed by atoms with E-state index in [-0.39, 0.29) is 27.5 Å². The first-order chi connectivity index (χ1) is 7.34. The zero-order valence-corrected chi connectivity index (χ0v) is 11.3. The molecule has 0 fully saturated rings. The van der Waals surface area contributed by atoms with Gasteiger partial charge in [0.2, 0.25) is 10.0 Å². The third kappa shape index (κ3) is 3.55. The van der Waals surface area contributed by atoms with Crippen molar-refractivity contribution in [2.45, 2.75) is 11.3 Å². The minimum atomic E-state index is -3.81. The van der Waals surface area contributed by atoms with Crippen LogP contribution in [0.2, 0.25) is 5.02 Å². The Balaban J connectivity index is 3.05. The van der Waals surface area contributed by atoms with Gasteiger partial charge in [0.1, 0.15) is 10.7 Å². The summed E-state index contributed by atoms with van der Waals surface area (Å²) in [5, 5.41) is 5.23. The van der Waals surface area contributed by atoms with Crippen molar-refractivity contribution in [3.8, 4) is 0 Å². The van der Waals surface area contributed by atoms with E-state index in [1.165, 1.54) is 18.2 Å². The molecule has 7 heteroatoms. The predicted molar refractivity (Wildman–Crippen MR) is 65.3 cm³/mol. The number of sulfonamides is 1. The van der Waals surface area contributed by atoms with Crippen LogP contribution in [0.3, 0.4) is 0 Å². The van der Waals surface area contributed by atoms with Crippen LogP contribution >= 0.6 is 27.5 Å². The highest BCUT2D eigenvalue weighted by Crippen LogP contribution is 2.21. The number of ketones is 1. The fourth-order valence-corrected chi connectivity index (χ4v) is 2.47. The maximum absolute atomic E-state index is 11.1. The molecule has 0 spiro atoms. The van der Waals surface area contributed by atoms with Gasteiger partial charge in [-0.1, -0.05) is 33.6 Å². The molecule has 2 N–H and O–H groups in total. The molecule has 1 aromatic carbocycles. The molecule has 0 atom stereocenters. The van der Waals surface area contributed by atoms with Crippen LogP contribution in [0.25, 0.3) is 0 Å². The van der Waals surface area contributed by atoms with Crippen molar-refractivity contribution >= 4 is 43.3 Å². The molecular weight excluding hydrogens is 318 g/mol. The van der Waals surface area contributed by atoms with Gasteiger partial charge in [-0.2, -0.15) is 0 Å². The Labute approximate surface area is 107 Å². The second-order valence-electron chi connectivity index (χ2n) is 3.16. The van der Waals surface area contributed by atoms with E-state index in [0.29, 0.717) is 5.56 Å². The molecule has 0 saturated carbocycles. The smallest absolute Gasteiger partial charge is 0.239 e. The van der Waals surface area contributed by atoms with E-state index in [1.807, 2.05) is 0 Å². The van der Waals surface area contributed by atoms with Crippen molar-refractivity contribution in [3.05, 3.63) is 28.8 Å². The van der Waals surface area contributed by atoms with Crippen LogP contribution in [0.5, 0.6) is 0 Å². The first kappa shape index (κ1) is 13.6. The summed E-state index contributed by atoms with van der Waals surface area (Å²) in [5.74, 6) is -0.0144. The van der Waals surface area contributed by atoms with E-state index >= 15 is 0 Å². The Kier molecular flexibility index (Phi) is 4.49. The van der Waals surface area contributed by atoms with Crippen LogP contribution in [0.15, 0.2) is 23.1 Å². The second kappa shape index (κ2) is 5.27. The molecule has 0 heterocycles. The molecule has 0 aromatic heterocycles. The Morgan fingerprint density at radius 2 is 2.06 bits per heavy atom. The maximum atomic E-state index is 11.1. The van der Waals surface area contributed by atoms with Crippen molar-refractivity contribution < 1.29 is 13.2 Å². The second-order valence-corrected chi connectivity index (χ2v) is 5.66. The summed E-state index contributed by atoms with van der Waals surface area (Å²) in [5.41, 5.74) is 0.654. The first-order valence-corrected chi connectivity index (χ1v) is 7.28. The minimum absolute atomic E-state index is 0.0144. The van der Waals surface area contributed by atoms with Crippen molar-refractivity contribution in [3.63, 3.8) is 0 Å². The summed E-state index contributed by atoms with van der Waals surface area (Å²) in [6, 6.07) is 4.25. The highest BCUT2D eigenvalue weighted by Gasteiger charge is 2.13. The summed E-state index contributed by atoms with van der Waals surface area (Å²) in [7, 11) is -3.81. The lowest BCUT2D eigenvalue weighted by Gasteiger charge is -2.04. The van der Waals surface area contributed by atoms with Crippen LogP contribution in [-0.2, 0) is 21.2 Å². The Bertz CT molecular complexity index is 515. The molecule has 88 valence electrons. The summed E-state index contributed by atoms with van der Waals surface area (Å²) < 4.78 is 22.1. The quantitative estimate of drug-likeness (QED) is 0.852. The minimum Gasteiger partial charge on any atom is -0.298 e. The van der Waals surface area contributed by atoms with E-state index in [2.05, 4.69) is 15.9 Å². The van der Waals surface area contributed by atoms with Crippen molar-refractivity contribution in [2.24, 2.45) is 5.14 Å². The lowest BCUT2D eigenvalue weighted by Crippen LogP contribution is -2.13. The lowest BCUT2D eigenvalue weighted by atomic mass is 10.1. The topological polar surface area (TPSA) is 77.2 Å². The van der Waals surface area contributed by atoms with Crippen LogP contribution in [0, 0.1) is 0 Å². The molecule has 0 aliphatic carbocycles. The van der Waals surface area contributed by atoms with Gasteiger partial charge in [-0.15, -0.1) is 0 Å². The van der Waals surface area contributed by atoms with Crippen LogP contribution < -0.4 is 5.14 Å². The summed E-state index contributed by atoms with van der Waals surface area (Å²) in [4.78, 5) is 11.0. The maximum Gasteiger partial charge on any atom is 0.239 e. The number of rotatable bonds is 4. The largest absolute Gasteiger partial charge is 0.298 e. The molecule has 0 aliphatic rings. The molecule has 0 radical (unpaired) electrons. The molecule has 0 aliphatic heterocycles. The zero-order valence-electron chi connectivity index (χ0n) is 8.11. The summed E-state index contributed by atoms with van der Waals surface area (Å²) in [6.45, 7) is 0. The number of carbonyl (C=O) groups is 1. The number of carbonyl (C=O) groups excluding carboxylic acids is 1. The number of hydrogen-bond donors (Lipinski definition) is 1. The standard InChI is InChI=1S/C9H9BrClNO3S/c10-5-7(13)3-6-1-2-9(8(11)4-6)16(12,14)15/h1-2,4H,3,5H2,(H2,12,14,15). The van der Waals surface area contributed by atoms with Crippen LogP contribution in [-0.4, -0.2) is 19.5 Å². The molecule has 1 aromatic rings. The molecule has 16 heavy (non-hydrogen) atoms. The normalized spacial score (nSPS) is 11.4. The summed E-state index contributed by atoms with van der Waals surface area (Å²) >= 11 is 8.80. The zero-order chi connectivity index (χ0) is 12.3. The van der Waals surface area contributed by atoms with E-state index in [0.717, 1.165) is 0 Å². The van der Waals surface area contributed by atoms with Gasteiger partial charge < -0.3 is 0 Å². The van der Waals surface area contributed by atoms with E-state index < -0.39 is 10.0 Å². The van der Waals surface area contributed by atoms with E-state index in [1.54, 1.807) is 0 Å². The van der Waals surface area contributed by atoms with E-state index in [9.17, 15) is 13.2 Å². The van der Waals surface area contributed by atoms with Crippen molar-refractivity contribution in [1.82, 2.24) is 0 Å². The first-order valence-electron chi connectivity index (χ1n) is 4.23. The number of alkyl halides is 1. The highest BCUT2D eigenvalue weighted by atomic mass is 79.9. The molecular formula is C9H9BrClNO3S. The Morgan fingerprint density at radius 1 is 1.44 bits per heavy atom. The number of hydrogen-bond acceptors (Lipinski definition) is 3. The SMILES string of the molecule is NS(=O)(=O)c1ccc(CC(=O)CBr)cc1Cl. The van der Waals surface area contributed by atoms with Crippen molar-refractivity contribution in [1.29, 1.82) is 0 Å². The molecule has 0 saturated heterocycles. The molecule has 4 nitrogen and oxygen atoms in total. The summed E-state index contributed by atoms with van der Waals surface area (Å²) in [6.07, 6.45) is 0.204. The van der Waals surface area contributed by atoms with Gasteiger partial charge in [0.15, 0.2) is 0 Å². The number of halogens is 2. The van der Waals surface area contributed by atoms with Gasteiger partial charge in [-0.3, -0.25) is 4.79 Å². The van der Waals surface area contributed by atoms with Crippen LogP contribution in [0.4, 0.5) is 0 Å². The number of benzene rings is 1. The highest BCUT2D eigenvalue weighted by molar-refractivity contribution is 9.09. The van der Waals surface area contributed by atoms with Gasteiger partial charge >= 0.3 is 0 Å². The lowest BCUT2D eigenvalue weighted by molar-refractivity contribution is -0.115. The van der Waals surface area contributed by atoms with Crippen molar-refractivity contribution in [2.75, 3.05) is 5.33 Å². The van der Waals surface area contributed by atoms with Gasteiger partial charge in [0.05, 0.1) is 10.4 Å². The van der Waals surface area contributed by atoms with Crippen LogP contribution in [0.1, 0.15) is 5.56 Å². The third-order valence-electron chi connectivity index (χ3n) is 1.85. The average molecular weight is 327 g/mol. The van der Waals surface area contributed by atoms with E-state index in [4.69, 9.17) is 16.7 Å². The molecule has 0 unspecified atom stereocenters. The number of nitrogens with two attached hydrogens (primary N) is 1.